The van der Waals surface area contributed by atoms with Crippen molar-refractivity contribution < 1.29 is 9.90 Å². The smallest absolute Gasteiger partial charge is 0.336 e. The van der Waals surface area contributed by atoms with Gasteiger partial charge in [0.15, 0.2) is 0 Å². The summed E-state index contributed by atoms with van der Waals surface area (Å²) in [5, 5.41) is 10.5. The maximum Gasteiger partial charge on any atom is 0.336 e. The van der Waals surface area contributed by atoms with Gasteiger partial charge in [-0.15, -0.1) is 0 Å². The highest BCUT2D eigenvalue weighted by Crippen LogP contribution is 2.23. The number of hydrogen-bond donors (Lipinski definition) is 1. The summed E-state index contributed by atoms with van der Waals surface area (Å²) in [6.45, 7) is 0.939. The van der Waals surface area contributed by atoms with Crippen molar-refractivity contribution in [3.63, 3.8) is 0 Å². The zero-order valence-electron chi connectivity index (χ0n) is 36.1. The van der Waals surface area contributed by atoms with Gasteiger partial charge in [-0.05, 0) is 43.3 Å². The molecule has 62 heavy (non-hydrogen) atoms. The van der Waals surface area contributed by atoms with E-state index in [1.165, 1.54) is 5.57 Å². The molecule has 2 aliphatic rings. The summed E-state index contributed by atoms with van der Waals surface area (Å²) in [6.07, 6.45) is 98.1. The van der Waals surface area contributed by atoms with Crippen molar-refractivity contribution in [2.45, 2.75) is 6.42 Å². The van der Waals surface area contributed by atoms with E-state index in [9.17, 15) is 9.90 Å². The summed E-state index contributed by atoms with van der Waals surface area (Å²) >= 11 is 0. The molecule has 3 heteroatoms. The summed E-state index contributed by atoms with van der Waals surface area (Å²) in [6, 6.07) is 0. The van der Waals surface area contributed by atoms with Crippen molar-refractivity contribution in [3.05, 3.63) is 326 Å². The second kappa shape index (κ2) is 37.7. The molecule has 0 saturated heterocycles. The number of hydrogen-bond acceptors (Lipinski definition) is 2. The van der Waals surface area contributed by atoms with E-state index >= 15 is 0 Å². The van der Waals surface area contributed by atoms with E-state index in [1.54, 1.807) is 12.2 Å². The minimum atomic E-state index is -1.04. The van der Waals surface area contributed by atoms with E-state index in [4.69, 9.17) is 0 Å². The largest absolute Gasteiger partial charge is 0.478 e. The number of carboxylic acids is 1. The third kappa shape index (κ3) is 29.6. The summed E-state index contributed by atoms with van der Waals surface area (Å²) < 4.78 is 0. The zero-order valence-corrected chi connectivity index (χ0v) is 36.1. The molecule has 0 aliphatic heterocycles. The van der Waals surface area contributed by atoms with Crippen LogP contribution in [0.2, 0.25) is 0 Å². The average Bonchev–Trinajstić information content (AvgIpc) is 3.25. The Morgan fingerprint density at radius 3 is 0.968 bits per heavy atom. The average molecular weight is 816 g/mol. The van der Waals surface area contributed by atoms with Crippen LogP contribution in [0.25, 0.3) is 0 Å². The Morgan fingerprint density at radius 1 is 0.355 bits per heavy atom. The first-order valence-electron chi connectivity index (χ1n) is 20.6. The molecule has 0 unspecified atom stereocenters. The number of rotatable bonds is 4. The van der Waals surface area contributed by atoms with E-state index in [0.717, 1.165) is 13.0 Å². The maximum atomic E-state index is 12.9. The van der Waals surface area contributed by atoms with E-state index < -0.39 is 5.97 Å². The topological polar surface area (TPSA) is 40.5 Å². The van der Waals surface area contributed by atoms with Crippen molar-refractivity contribution >= 4 is 5.97 Å². The standard InChI is InChI=1S/C59H61NO2/c1-60(2)54-53-55-47-41-35-30-26-22-18-14-13-17-21-25-29-33-40-46-52-58(59(61)62)57-51-45-39-32-28-24-20-16-12-10-8-6-4-3-5-7-9-11-15-19-23-27-31-37-43-49-56(57)50-44-38-34-36-42-48-55/h3-52H,53-54H2,1-2H3,(H,61,62). The summed E-state index contributed by atoms with van der Waals surface area (Å²) in [7, 11) is 4.15. The van der Waals surface area contributed by atoms with Crippen LogP contribution in [-0.4, -0.2) is 36.6 Å². The number of aliphatic carboxylic acids is 1. The molecule has 2 aliphatic carbocycles. The SMILES string of the molecule is CN(C)CCC1=CC=CC=CC=CC2=CC=CC=CC=CC=CC=CC=CC=CC=CC=CC=CC=CC=CC=C2C(C(=O)O)=CC=CC=CC=CC=CC=CC=CC=CC=C1. The molecule has 0 bridgehead atoms. The second-order valence-electron chi connectivity index (χ2n) is 13.2. The van der Waals surface area contributed by atoms with Crippen molar-refractivity contribution in [2.75, 3.05) is 20.6 Å². The first kappa shape index (κ1) is 50.6. The van der Waals surface area contributed by atoms with Gasteiger partial charge in [0, 0.05) is 6.54 Å². The predicted octanol–water partition coefficient (Wildman–Crippen LogP) is 14.5. The normalized spacial score (nSPS) is 16.5. The molecular weight excluding hydrogens is 755 g/mol. The first-order valence-corrected chi connectivity index (χ1v) is 20.6. The van der Waals surface area contributed by atoms with E-state index in [1.807, 2.05) is 273 Å². The molecule has 1 N–H and O–H groups in total. The minimum Gasteiger partial charge on any atom is -0.478 e. The second-order valence-corrected chi connectivity index (χ2v) is 13.2. The molecule has 2 rings (SSSR count). The lowest BCUT2D eigenvalue weighted by molar-refractivity contribution is -0.132. The zero-order chi connectivity index (χ0) is 44.2. The molecule has 0 aromatic carbocycles. The Balaban J connectivity index is 2.68. The van der Waals surface area contributed by atoms with Crippen LogP contribution >= 0.6 is 0 Å². The van der Waals surface area contributed by atoms with Crippen LogP contribution in [0.3, 0.4) is 0 Å². The molecule has 0 saturated carbocycles. The van der Waals surface area contributed by atoms with Gasteiger partial charge in [-0.25, -0.2) is 4.79 Å². The van der Waals surface area contributed by atoms with Gasteiger partial charge in [-0.2, -0.15) is 0 Å². The predicted molar refractivity (Wildman–Crippen MR) is 273 cm³/mol. The molecular formula is C59H61NO2. The van der Waals surface area contributed by atoms with E-state index in [0.29, 0.717) is 11.1 Å². The number of carboxylic acid groups (broad SMARTS) is 1. The highest BCUT2D eigenvalue weighted by molar-refractivity contribution is 5.94. The van der Waals surface area contributed by atoms with Gasteiger partial charge < -0.3 is 10.0 Å². The fourth-order valence-corrected chi connectivity index (χ4v) is 4.85. The number of fused-ring (bicyclic) bond motifs is 1. The van der Waals surface area contributed by atoms with Crippen molar-refractivity contribution in [1.29, 1.82) is 0 Å². The molecule has 3 nitrogen and oxygen atoms in total. The van der Waals surface area contributed by atoms with E-state index in [-0.39, 0.29) is 5.57 Å². The minimum absolute atomic E-state index is 0.143. The van der Waals surface area contributed by atoms with Crippen LogP contribution in [0.4, 0.5) is 0 Å². The van der Waals surface area contributed by atoms with Crippen LogP contribution in [0.1, 0.15) is 6.42 Å². The lowest BCUT2D eigenvalue weighted by atomic mass is 9.95. The maximum absolute atomic E-state index is 12.9. The Hall–Kier alpha value is -7.59. The number of carbonyl (C=O) groups is 1. The highest BCUT2D eigenvalue weighted by Gasteiger charge is 2.14. The van der Waals surface area contributed by atoms with Crippen LogP contribution in [0.15, 0.2) is 326 Å². The monoisotopic (exact) mass is 815 g/mol. The molecule has 0 aromatic heterocycles. The van der Waals surface area contributed by atoms with Crippen LogP contribution < -0.4 is 0 Å². The molecule has 314 valence electrons. The Bertz CT molecular complexity index is 2210. The van der Waals surface area contributed by atoms with Gasteiger partial charge in [0.25, 0.3) is 0 Å². The molecule has 0 radical (unpaired) electrons. The Morgan fingerprint density at radius 2 is 0.629 bits per heavy atom. The summed E-state index contributed by atoms with van der Waals surface area (Å²) in [4.78, 5) is 15.1. The highest BCUT2D eigenvalue weighted by atomic mass is 16.4. The molecule has 0 atom stereocenters. The molecule has 0 fully saturated rings. The number of nitrogens with zero attached hydrogens (tertiary/aromatic N) is 1. The lowest BCUT2D eigenvalue weighted by Gasteiger charge is -2.09. The fraction of sp³-hybridized carbons (Fsp3) is 0.0678. The molecule has 0 aromatic rings. The van der Waals surface area contributed by atoms with Crippen molar-refractivity contribution in [1.82, 2.24) is 4.90 Å². The third-order valence-electron chi connectivity index (χ3n) is 7.93. The summed E-state index contributed by atoms with van der Waals surface area (Å²) in [5.41, 5.74) is 2.61. The summed E-state index contributed by atoms with van der Waals surface area (Å²) in [5.74, 6) is -1.04. The third-order valence-corrected chi connectivity index (χ3v) is 7.93. The van der Waals surface area contributed by atoms with Gasteiger partial charge in [0.2, 0.25) is 0 Å². The van der Waals surface area contributed by atoms with Crippen molar-refractivity contribution in [2.24, 2.45) is 0 Å². The van der Waals surface area contributed by atoms with Crippen LogP contribution in [-0.2, 0) is 4.79 Å². The Labute approximate surface area is 372 Å². The van der Waals surface area contributed by atoms with Gasteiger partial charge in [-0.3, -0.25) is 0 Å². The lowest BCUT2D eigenvalue weighted by Crippen LogP contribution is -2.13. The molecule has 0 spiro atoms. The molecule has 0 heterocycles. The fourth-order valence-electron chi connectivity index (χ4n) is 4.85. The van der Waals surface area contributed by atoms with Crippen molar-refractivity contribution in [3.8, 4) is 0 Å². The van der Waals surface area contributed by atoms with Crippen LogP contribution in [0, 0.1) is 0 Å². The van der Waals surface area contributed by atoms with Gasteiger partial charge >= 0.3 is 5.97 Å². The van der Waals surface area contributed by atoms with Gasteiger partial charge in [0.1, 0.15) is 0 Å². The molecule has 0 amide bonds. The first-order chi connectivity index (χ1) is 30.6. The van der Waals surface area contributed by atoms with Gasteiger partial charge in [-0.1, -0.05) is 298 Å². The van der Waals surface area contributed by atoms with Crippen LogP contribution in [0.5, 0.6) is 0 Å². The van der Waals surface area contributed by atoms with E-state index in [2.05, 4.69) is 37.2 Å². The van der Waals surface area contributed by atoms with Gasteiger partial charge in [0.05, 0.1) is 5.57 Å². The quantitative estimate of drug-likeness (QED) is 0.307. The Kier molecular flexibility index (Phi) is 30.7. The number of allylic oxidation sites excluding steroid dienone is 51.